The smallest absolute Gasteiger partial charge is 0.310 e. The standard InChI is InChI=1S/C9H16N2O3/c1-9(2,8(13)14)6-11-5-4-7(12)10(11)3/h4-6H2,1-3H3,(H,13,14). The summed E-state index contributed by atoms with van der Waals surface area (Å²) in [5, 5.41) is 12.2. The molecule has 1 rings (SSSR count). The van der Waals surface area contributed by atoms with Gasteiger partial charge in [-0.3, -0.25) is 14.6 Å². The van der Waals surface area contributed by atoms with Crippen LogP contribution in [0.3, 0.4) is 0 Å². The maximum atomic E-state index is 11.2. The van der Waals surface area contributed by atoms with Gasteiger partial charge in [0.15, 0.2) is 0 Å². The zero-order valence-electron chi connectivity index (χ0n) is 8.78. The molecule has 1 saturated heterocycles. The average molecular weight is 200 g/mol. The van der Waals surface area contributed by atoms with E-state index in [1.54, 1.807) is 25.9 Å². The predicted octanol–water partition coefficient (Wildman–Crippen LogP) is 0.176. The van der Waals surface area contributed by atoms with E-state index in [0.717, 1.165) is 0 Å². The third kappa shape index (κ3) is 2.04. The van der Waals surface area contributed by atoms with Crippen LogP contribution in [0.25, 0.3) is 0 Å². The Morgan fingerprint density at radius 2 is 2.14 bits per heavy atom. The number of nitrogens with zero attached hydrogens (tertiary/aromatic N) is 2. The second kappa shape index (κ2) is 3.57. The van der Waals surface area contributed by atoms with E-state index in [2.05, 4.69) is 0 Å². The number of hydrogen-bond acceptors (Lipinski definition) is 3. The first-order chi connectivity index (χ1) is 6.34. The lowest BCUT2D eigenvalue weighted by Gasteiger charge is -2.30. The minimum absolute atomic E-state index is 0.0474. The fourth-order valence-corrected chi connectivity index (χ4v) is 1.40. The molecule has 1 heterocycles. The van der Waals surface area contributed by atoms with E-state index in [1.165, 1.54) is 5.01 Å². The van der Waals surface area contributed by atoms with Crippen LogP contribution in [0.5, 0.6) is 0 Å². The SMILES string of the molecule is CN1C(=O)CCN1CC(C)(C)C(=O)O. The van der Waals surface area contributed by atoms with E-state index in [0.29, 0.717) is 19.5 Å². The number of carbonyl (C=O) groups is 2. The minimum atomic E-state index is -0.842. The molecule has 5 nitrogen and oxygen atoms in total. The number of carboxylic acid groups (broad SMARTS) is 1. The summed E-state index contributed by atoms with van der Waals surface area (Å²) in [6.07, 6.45) is 0.478. The first kappa shape index (κ1) is 11.0. The largest absolute Gasteiger partial charge is 0.481 e. The summed E-state index contributed by atoms with van der Waals surface area (Å²) >= 11 is 0. The van der Waals surface area contributed by atoms with Crippen molar-refractivity contribution in [3.8, 4) is 0 Å². The number of carbonyl (C=O) groups excluding carboxylic acids is 1. The molecule has 0 aromatic heterocycles. The Morgan fingerprint density at radius 3 is 2.50 bits per heavy atom. The third-order valence-electron chi connectivity index (χ3n) is 2.53. The molecule has 1 aliphatic heterocycles. The highest BCUT2D eigenvalue weighted by Crippen LogP contribution is 2.20. The highest BCUT2D eigenvalue weighted by Gasteiger charge is 2.35. The van der Waals surface area contributed by atoms with Crippen LogP contribution in [0.2, 0.25) is 0 Å². The van der Waals surface area contributed by atoms with Gasteiger partial charge >= 0.3 is 5.97 Å². The van der Waals surface area contributed by atoms with Crippen molar-refractivity contribution in [2.75, 3.05) is 20.1 Å². The van der Waals surface area contributed by atoms with Gasteiger partial charge in [-0.1, -0.05) is 0 Å². The van der Waals surface area contributed by atoms with E-state index in [1.807, 2.05) is 0 Å². The Balaban J connectivity index is 2.61. The number of amides is 1. The number of hydrogen-bond donors (Lipinski definition) is 1. The summed E-state index contributed by atoms with van der Waals surface area (Å²) in [6.45, 7) is 4.30. The van der Waals surface area contributed by atoms with E-state index >= 15 is 0 Å². The summed E-state index contributed by atoms with van der Waals surface area (Å²) in [7, 11) is 1.67. The van der Waals surface area contributed by atoms with Gasteiger partial charge in [0.2, 0.25) is 5.91 Å². The van der Waals surface area contributed by atoms with Gasteiger partial charge in [0.25, 0.3) is 0 Å². The zero-order valence-corrected chi connectivity index (χ0v) is 8.78. The van der Waals surface area contributed by atoms with Crippen molar-refractivity contribution in [3.63, 3.8) is 0 Å². The summed E-state index contributed by atoms with van der Waals surface area (Å²) in [5.41, 5.74) is -0.821. The number of aliphatic carboxylic acids is 1. The van der Waals surface area contributed by atoms with Crippen LogP contribution in [0.4, 0.5) is 0 Å². The van der Waals surface area contributed by atoms with Crippen LogP contribution in [0, 0.1) is 5.41 Å². The fraction of sp³-hybridized carbons (Fsp3) is 0.778. The molecule has 0 radical (unpaired) electrons. The molecule has 0 spiro atoms. The molecular formula is C9H16N2O3. The van der Waals surface area contributed by atoms with E-state index < -0.39 is 11.4 Å². The zero-order chi connectivity index (χ0) is 10.9. The Kier molecular flexibility index (Phi) is 2.80. The molecule has 14 heavy (non-hydrogen) atoms. The van der Waals surface area contributed by atoms with Gasteiger partial charge < -0.3 is 5.11 Å². The maximum absolute atomic E-state index is 11.2. The number of rotatable bonds is 3. The predicted molar refractivity (Wildman–Crippen MR) is 50.4 cm³/mol. The van der Waals surface area contributed by atoms with E-state index in [-0.39, 0.29) is 5.91 Å². The van der Waals surface area contributed by atoms with E-state index in [9.17, 15) is 9.59 Å². The van der Waals surface area contributed by atoms with Gasteiger partial charge in [-0.25, -0.2) is 5.01 Å². The lowest BCUT2D eigenvalue weighted by atomic mass is 9.94. The first-order valence-electron chi connectivity index (χ1n) is 4.59. The molecule has 0 saturated carbocycles. The van der Waals surface area contributed by atoms with Crippen LogP contribution in [-0.2, 0) is 9.59 Å². The third-order valence-corrected chi connectivity index (χ3v) is 2.53. The molecule has 0 atom stereocenters. The number of carboxylic acids is 1. The van der Waals surface area contributed by atoms with Crippen LogP contribution in [0.1, 0.15) is 20.3 Å². The first-order valence-corrected chi connectivity index (χ1v) is 4.59. The average Bonchev–Trinajstić information content (AvgIpc) is 2.35. The molecule has 1 amide bonds. The lowest BCUT2D eigenvalue weighted by molar-refractivity contribution is -0.152. The van der Waals surface area contributed by atoms with Crippen molar-refractivity contribution in [3.05, 3.63) is 0 Å². The Morgan fingerprint density at radius 1 is 1.57 bits per heavy atom. The van der Waals surface area contributed by atoms with Gasteiger partial charge in [-0.05, 0) is 13.8 Å². The molecule has 0 unspecified atom stereocenters. The molecule has 0 aromatic carbocycles. The monoisotopic (exact) mass is 200 g/mol. The maximum Gasteiger partial charge on any atom is 0.310 e. The Bertz CT molecular complexity index is 263. The van der Waals surface area contributed by atoms with Gasteiger partial charge in [0.1, 0.15) is 0 Å². The summed E-state index contributed by atoms with van der Waals surface area (Å²) < 4.78 is 0. The summed E-state index contributed by atoms with van der Waals surface area (Å²) in [6, 6.07) is 0. The molecule has 0 bridgehead atoms. The van der Waals surface area contributed by atoms with Gasteiger partial charge in [-0.2, -0.15) is 0 Å². The van der Waals surface area contributed by atoms with Crippen LogP contribution < -0.4 is 0 Å². The van der Waals surface area contributed by atoms with E-state index in [4.69, 9.17) is 5.11 Å². The molecule has 0 aromatic rings. The second-order valence-corrected chi connectivity index (χ2v) is 4.24. The molecule has 5 heteroatoms. The van der Waals surface area contributed by atoms with Crippen molar-refractivity contribution < 1.29 is 14.7 Å². The molecular weight excluding hydrogens is 184 g/mol. The van der Waals surface area contributed by atoms with Gasteiger partial charge in [0, 0.05) is 26.6 Å². The quantitative estimate of drug-likeness (QED) is 0.705. The number of hydrazine groups is 1. The lowest BCUT2D eigenvalue weighted by Crippen LogP contribution is -2.44. The highest BCUT2D eigenvalue weighted by molar-refractivity contribution is 5.78. The van der Waals surface area contributed by atoms with Gasteiger partial charge in [-0.15, -0.1) is 0 Å². The Hall–Kier alpha value is -1.10. The van der Waals surface area contributed by atoms with Crippen LogP contribution >= 0.6 is 0 Å². The van der Waals surface area contributed by atoms with Crippen LogP contribution in [0.15, 0.2) is 0 Å². The van der Waals surface area contributed by atoms with Crippen molar-refractivity contribution in [2.45, 2.75) is 20.3 Å². The molecule has 0 aliphatic carbocycles. The summed E-state index contributed by atoms with van der Waals surface area (Å²) in [4.78, 5) is 22.0. The van der Waals surface area contributed by atoms with Crippen molar-refractivity contribution in [2.24, 2.45) is 5.41 Å². The van der Waals surface area contributed by atoms with Crippen molar-refractivity contribution in [1.29, 1.82) is 0 Å². The van der Waals surface area contributed by atoms with Gasteiger partial charge in [0.05, 0.1) is 5.41 Å². The second-order valence-electron chi connectivity index (χ2n) is 4.24. The highest BCUT2D eigenvalue weighted by atomic mass is 16.4. The molecule has 1 aliphatic rings. The van der Waals surface area contributed by atoms with Crippen LogP contribution in [-0.4, -0.2) is 47.1 Å². The van der Waals surface area contributed by atoms with Crippen molar-refractivity contribution >= 4 is 11.9 Å². The minimum Gasteiger partial charge on any atom is -0.481 e. The fourth-order valence-electron chi connectivity index (χ4n) is 1.40. The molecule has 1 N–H and O–H groups in total. The van der Waals surface area contributed by atoms with Crippen molar-refractivity contribution in [1.82, 2.24) is 10.0 Å². The normalized spacial score (nSPS) is 19.1. The molecule has 80 valence electrons. The Labute approximate surface area is 83.3 Å². The summed E-state index contributed by atoms with van der Waals surface area (Å²) in [5.74, 6) is -0.795. The topological polar surface area (TPSA) is 60.9 Å². The molecule has 1 fully saturated rings.